The van der Waals surface area contributed by atoms with E-state index in [1.54, 1.807) is 0 Å². The van der Waals surface area contributed by atoms with Crippen LogP contribution in [-0.4, -0.2) is 0 Å². The van der Waals surface area contributed by atoms with E-state index in [-0.39, 0.29) is 27.9 Å². The Hall–Kier alpha value is -5.20. The van der Waals surface area contributed by atoms with Gasteiger partial charge in [0.05, 0.1) is 13.7 Å². The van der Waals surface area contributed by atoms with Gasteiger partial charge in [0.1, 0.15) is 0 Å². The molecule has 0 bridgehead atoms. The van der Waals surface area contributed by atoms with Gasteiger partial charge in [-0.05, 0) is 88.6 Å². The number of hydrogen-bond acceptors (Lipinski definition) is 0. The quantitative estimate of drug-likeness (QED) is 0.205. The smallest absolute Gasteiger partial charge is 0.0616 e. The molecule has 0 saturated carbocycles. The Morgan fingerprint density at radius 3 is 1.68 bits per heavy atom. The first kappa shape index (κ1) is 14.8. The first-order chi connectivity index (χ1) is 24.0. The fraction of sp³-hybridized carbons (Fsp3) is 0. The Labute approximate surface area is 247 Å². The molecule has 0 saturated heterocycles. The molecule has 0 radical (unpaired) electrons. The summed E-state index contributed by atoms with van der Waals surface area (Å²) in [4.78, 5) is 0. The van der Waals surface area contributed by atoms with Crippen LogP contribution < -0.4 is 0 Å². The van der Waals surface area contributed by atoms with E-state index in [1.165, 1.54) is 6.07 Å². The monoisotopic (exact) mass is 516 g/mol. The summed E-state index contributed by atoms with van der Waals surface area (Å²) in [6.45, 7) is 0. The van der Waals surface area contributed by atoms with E-state index in [4.69, 9.17) is 12.3 Å². The van der Waals surface area contributed by atoms with Gasteiger partial charge in [0.15, 0.2) is 0 Å². The highest BCUT2D eigenvalue weighted by molar-refractivity contribution is 6.22. The largest absolute Gasteiger partial charge is 0.0629 e. The fourth-order valence-electron chi connectivity index (χ4n) is 5.74. The predicted molar refractivity (Wildman–Crippen MR) is 173 cm³/mol. The van der Waals surface area contributed by atoms with Gasteiger partial charge < -0.3 is 0 Å². The molecule has 0 spiro atoms. The Morgan fingerprint density at radius 2 is 0.925 bits per heavy atom. The zero-order chi connectivity index (χ0) is 35.2. The normalized spacial score (nSPS) is 15.0. The van der Waals surface area contributed by atoms with E-state index in [0.29, 0.717) is 11.1 Å². The van der Waals surface area contributed by atoms with Gasteiger partial charge in [-0.1, -0.05) is 145 Å². The Morgan fingerprint density at radius 1 is 0.350 bits per heavy atom. The molecule has 0 aromatic heterocycles. The summed E-state index contributed by atoms with van der Waals surface area (Å²) in [5.74, 6) is 0. The summed E-state index contributed by atoms with van der Waals surface area (Å²) in [5, 5.41) is 5.22. The number of rotatable bonds is 3. The highest BCUT2D eigenvalue weighted by Crippen LogP contribution is 2.44. The highest BCUT2D eigenvalue weighted by Gasteiger charge is 2.17. The van der Waals surface area contributed by atoms with Crippen molar-refractivity contribution in [2.75, 3.05) is 0 Å². The molecule has 8 rings (SSSR count). The average Bonchev–Trinajstić information content (AvgIpc) is 3.13. The van der Waals surface area contributed by atoms with Crippen molar-refractivity contribution in [1.29, 1.82) is 0 Å². The lowest BCUT2D eigenvalue weighted by atomic mass is 9.85. The van der Waals surface area contributed by atoms with Crippen molar-refractivity contribution >= 4 is 43.1 Å². The van der Waals surface area contributed by atoms with E-state index in [9.17, 15) is 1.37 Å². The molecule has 8 aromatic rings. The summed E-state index contributed by atoms with van der Waals surface area (Å²) in [6, 6.07) is 26.9. The second-order valence-corrected chi connectivity index (χ2v) is 9.75. The van der Waals surface area contributed by atoms with Crippen LogP contribution in [0.3, 0.4) is 0 Å². The standard InChI is InChI=1S/C40H26/c1-2-13-29-25-32(24-23-27(29)11-1)40-37-20-7-5-18-35(37)39(36-19-6-8-21-38(36)40)31-16-9-15-30(26-31)34-22-10-14-28-12-3-4-17-33(28)34/h1-26H/i3D,4D,9D,10D,12D,14D,15D,16D,17D,22D. The van der Waals surface area contributed by atoms with Crippen molar-refractivity contribution in [1.82, 2.24) is 0 Å². The lowest BCUT2D eigenvalue weighted by Crippen LogP contribution is -1.91. The second-order valence-electron chi connectivity index (χ2n) is 9.75. The van der Waals surface area contributed by atoms with E-state index in [1.807, 2.05) is 60.7 Å². The van der Waals surface area contributed by atoms with Gasteiger partial charge in [-0.25, -0.2) is 0 Å². The maximum Gasteiger partial charge on any atom is 0.0629 e. The van der Waals surface area contributed by atoms with E-state index in [0.717, 1.165) is 43.4 Å². The third kappa shape index (κ3) is 3.61. The summed E-state index contributed by atoms with van der Waals surface area (Å²) < 4.78 is 87.1. The molecule has 0 heteroatoms. The van der Waals surface area contributed by atoms with Crippen LogP contribution in [0.2, 0.25) is 0 Å². The van der Waals surface area contributed by atoms with Gasteiger partial charge in [-0.3, -0.25) is 0 Å². The summed E-state index contributed by atoms with van der Waals surface area (Å²) in [5.41, 5.74) is 2.78. The van der Waals surface area contributed by atoms with Gasteiger partial charge in [0.2, 0.25) is 0 Å². The highest BCUT2D eigenvalue weighted by atomic mass is 14.2. The molecular weight excluding hydrogens is 480 g/mol. The molecule has 0 N–H and O–H groups in total. The van der Waals surface area contributed by atoms with Crippen molar-refractivity contribution in [3.8, 4) is 33.4 Å². The molecule has 0 aliphatic rings. The molecule has 0 atom stereocenters. The Kier molecular flexibility index (Phi) is 3.42. The number of benzene rings is 8. The van der Waals surface area contributed by atoms with Gasteiger partial charge >= 0.3 is 0 Å². The number of fused-ring (bicyclic) bond motifs is 4. The minimum atomic E-state index is -0.573. The zero-order valence-corrected chi connectivity index (χ0v) is 21.2. The van der Waals surface area contributed by atoms with Gasteiger partial charge in [0.25, 0.3) is 0 Å². The summed E-state index contributed by atoms with van der Waals surface area (Å²) >= 11 is 0. The molecule has 0 amide bonds. The first-order valence-electron chi connectivity index (χ1n) is 18.0. The SMILES string of the molecule is [2H]c1c(-c2c3ccccc3c(-c3ccc4ccccc4c3)c3ccccc23)cc(-c2c([2H])c([2H])c([2H])c3c([2H])c([2H])c([2H])c([2H])c23)c([2H])c1[2H]. The van der Waals surface area contributed by atoms with Crippen molar-refractivity contribution in [2.45, 2.75) is 0 Å². The van der Waals surface area contributed by atoms with Gasteiger partial charge in [-0.2, -0.15) is 0 Å². The molecule has 0 aliphatic heterocycles. The minimum Gasteiger partial charge on any atom is -0.0616 e. The molecule has 8 aromatic carbocycles. The fourth-order valence-corrected chi connectivity index (χ4v) is 5.74. The van der Waals surface area contributed by atoms with Crippen LogP contribution in [0.5, 0.6) is 0 Å². The minimum absolute atomic E-state index is 0.0266. The molecule has 40 heavy (non-hydrogen) atoms. The van der Waals surface area contributed by atoms with E-state index < -0.39 is 54.4 Å². The molecule has 0 unspecified atom stereocenters. The second kappa shape index (κ2) is 9.22. The molecule has 0 heterocycles. The van der Waals surface area contributed by atoms with Crippen LogP contribution in [0.4, 0.5) is 0 Å². The average molecular weight is 517 g/mol. The van der Waals surface area contributed by atoms with E-state index >= 15 is 0 Å². The van der Waals surface area contributed by atoms with Gasteiger partial charge in [-0.15, -0.1) is 0 Å². The summed E-state index contributed by atoms with van der Waals surface area (Å²) in [6.07, 6.45) is 0. The van der Waals surface area contributed by atoms with Crippen molar-refractivity contribution in [3.63, 3.8) is 0 Å². The number of hydrogen-bond donors (Lipinski definition) is 0. The van der Waals surface area contributed by atoms with Crippen LogP contribution in [0.15, 0.2) is 157 Å². The molecule has 186 valence electrons. The third-order valence-electron chi connectivity index (χ3n) is 7.50. The molecular formula is C40H26. The van der Waals surface area contributed by atoms with Crippen LogP contribution in [-0.2, 0) is 0 Å². The van der Waals surface area contributed by atoms with Crippen LogP contribution in [0, 0.1) is 0 Å². The maximum atomic E-state index is 9.18. The van der Waals surface area contributed by atoms with Crippen molar-refractivity contribution in [2.24, 2.45) is 0 Å². The van der Waals surface area contributed by atoms with Crippen LogP contribution >= 0.6 is 0 Å². The molecule has 0 fully saturated rings. The van der Waals surface area contributed by atoms with Gasteiger partial charge in [0, 0.05) is 0 Å². The molecule has 0 nitrogen and oxygen atoms in total. The molecule has 0 aliphatic carbocycles. The Bertz CT molecular complexity index is 2700. The lowest BCUT2D eigenvalue weighted by Gasteiger charge is -2.18. The lowest BCUT2D eigenvalue weighted by molar-refractivity contribution is 1.63. The topological polar surface area (TPSA) is 0 Å². The predicted octanol–water partition coefficient (Wildman–Crippen LogP) is 11.3. The van der Waals surface area contributed by atoms with Crippen molar-refractivity contribution < 1.29 is 13.7 Å². The third-order valence-corrected chi connectivity index (χ3v) is 7.50. The van der Waals surface area contributed by atoms with Crippen LogP contribution in [0.25, 0.3) is 76.5 Å². The van der Waals surface area contributed by atoms with E-state index in [2.05, 4.69) is 30.3 Å². The van der Waals surface area contributed by atoms with Crippen LogP contribution in [0.1, 0.15) is 13.7 Å². The maximum absolute atomic E-state index is 9.18. The van der Waals surface area contributed by atoms with Crippen molar-refractivity contribution in [3.05, 3.63) is 157 Å². The zero-order valence-electron chi connectivity index (χ0n) is 31.2. The Balaban J connectivity index is 1.51. The first-order valence-corrected chi connectivity index (χ1v) is 13.0. The summed E-state index contributed by atoms with van der Waals surface area (Å²) in [7, 11) is 0.